The van der Waals surface area contributed by atoms with Gasteiger partial charge in [-0.1, -0.05) is 29.4 Å². The highest BCUT2D eigenvalue weighted by Crippen LogP contribution is 2.41. The van der Waals surface area contributed by atoms with Crippen LogP contribution in [0.5, 0.6) is 17.2 Å². The summed E-state index contributed by atoms with van der Waals surface area (Å²) >= 11 is 0. The molecular weight excluding hydrogens is 410 g/mol. The largest absolute Gasteiger partial charge is 0.496 e. The second-order valence-corrected chi connectivity index (χ2v) is 8.72. The fraction of sp³-hybridized carbons (Fsp3) is 0.375. The molecule has 166 valence electrons. The third kappa shape index (κ3) is 3.77. The Kier molecular flexibility index (Phi) is 5.00. The fourth-order valence-electron chi connectivity index (χ4n) is 4.11. The van der Waals surface area contributed by atoms with Gasteiger partial charge >= 0.3 is 0 Å². The first-order chi connectivity index (χ1) is 15.4. The molecule has 8 heteroatoms. The number of hydrogen-bond acceptors (Lipinski definition) is 7. The zero-order valence-electron chi connectivity index (χ0n) is 18.3. The smallest absolute Gasteiger partial charge is 0.260 e. The van der Waals surface area contributed by atoms with Gasteiger partial charge in [-0.25, -0.2) is 0 Å². The number of carbonyl (C=O) groups excluding carboxylic acids is 1. The van der Waals surface area contributed by atoms with Crippen LogP contribution in [0.25, 0.3) is 11.4 Å². The lowest BCUT2D eigenvalue weighted by atomic mass is 10.00. The van der Waals surface area contributed by atoms with E-state index >= 15 is 0 Å². The van der Waals surface area contributed by atoms with Crippen LogP contribution in [0.4, 0.5) is 0 Å². The lowest BCUT2D eigenvalue weighted by Gasteiger charge is -2.36. The predicted molar refractivity (Wildman–Crippen MR) is 116 cm³/mol. The molecule has 0 saturated carbocycles. The molecule has 0 radical (unpaired) electrons. The summed E-state index contributed by atoms with van der Waals surface area (Å²) < 4.78 is 22.6. The molecule has 1 fully saturated rings. The first kappa shape index (κ1) is 20.4. The molecule has 0 N–H and O–H groups in total. The monoisotopic (exact) mass is 435 g/mol. The summed E-state index contributed by atoms with van der Waals surface area (Å²) in [6.07, 6.45) is 0.822. The number of aromatic nitrogens is 2. The second kappa shape index (κ2) is 7.85. The Morgan fingerprint density at radius 2 is 1.94 bits per heavy atom. The Bertz CT molecular complexity index is 1150. The van der Waals surface area contributed by atoms with Gasteiger partial charge in [0, 0.05) is 25.1 Å². The van der Waals surface area contributed by atoms with Crippen molar-refractivity contribution in [1.29, 1.82) is 0 Å². The molecule has 5 rings (SSSR count). The number of para-hydroxylation sites is 2. The Morgan fingerprint density at radius 1 is 1.16 bits per heavy atom. The highest BCUT2D eigenvalue weighted by molar-refractivity contribution is 5.79. The van der Waals surface area contributed by atoms with Crippen molar-refractivity contribution in [2.24, 2.45) is 0 Å². The maximum Gasteiger partial charge on any atom is 0.260 e. The van der Waals surface area contributed by atoms with Crippen molar-refractivity contribution in [1.82, 2.24) is 15.0 Å². The molecule has 8 nitrogen and oxygen atoms in total. The van der Waals surface area contributed by atoms with Gasteiger partial charge in [-0.15, -0.1) is 0 Å². The standard InChI is InChI=1S/C24H25N3O5/c1-24(2)11-15-7-6-10-19(21(15)31-24)30-14-20(28)27-12-16(13-27)23-25-22(26-32-23)17-8-4-5-9-18(17)29-3/h4-10,16H,11-14H2,1-3H3. The van der Waals surface area contributed by atoms with E-state index in [1.165, 1.54) is 0 Å². The zero-order valence-corrected chi connectivity index (χ0v) is 18.3. The van der Waals surface area contributed by atoms with Crippen molar-refractivity contribution < 1.29 is 23.5 Å². The van der Waals surface area contributed by atoms with Crippen LogP contribution in [0.2, 0.25) is 0 Å². The van der Waals surface area contributed by atoms with E-state index in [0.29, 0.717) is 36.3 Å². The number of methoxy groups -OCH3 is 1. The van der Waals surface area contributed by atoms with Crippen molar-refractivity contribution in [3.63, 3.8) is 0 Å². The summed E-state index contributed by atoms with van der Waals surface area (Å²) in [5.41, 5.74) is 1.61. The molecule has 3 heterocycles. The van der Waals surface area contributed by atoms with Crippen molar-refractivity contribution in [3.8, 4) is 28.6 Å². The number of nitrogens with zero attached hydrogens (tertiary/aromatic N) is 3. The number of rotatable bonds is 6. The third-order valence-corrected chi connectivity index (χ3v) is 5.78. The maximum absolute atomic E-state index is 12.6. The maximum atomic E-state index is 12.6. The Balaban J connectivity index is 1.17. The van der Waals surface area contributed by atoms with Gasteiger partial charge in [-0.2, -0.15) is 4.98 Å². The van der Waals surface area contributed by atoms with Crippen molar-refractivity contribution >= 4 is 5.91 Å². The van der Waals surface area contributed by atoms with Gasteiger partial charge in [0.25, 0.3) is 5.91 Å². The van der Waals surface area contributed by atoms with Gasteiger partial charge in [0.15, 0.2) is 18.1 Å². The summed E-state index contributed by atoms with van der Waals surface area (Å²) in [5, 5.41) is 4.08. The lowest BCUT2D eigenvalue weighted by Crippen LogP contribution is -2.50. The number of fused-ring (bicyclic) bond motifs is 1. The molecule has 0 unspecified atom stereocenters. The molecule has 0 spiro atoms. The molecule has 2 aromatic carbocycles. The molecule has 0 bridgehead atoms. The van der Waals surface area contributed by atoms with Crippen LogP contribution in [-0.2, 0) is 11.2 Å². The average Bonchev–Trinajstić information content (AvgIpc) is 3.34. The van der Waals surface area contributed by atoms with E-state index in [0.717, 1.165) is 23.3 Å². The minimum atomic E-state index is -0.261. The van der Waals surface area contributed by atoms with E-state index < -0.39 is 0 Å². The number of amides is 1. The minimum Gasteiger partial charge on any atom is -0.496 e. The molecule has 2 aliphatic heterocycles. The number of hydrogen-bond donors (Lipinski definition) is 0. The Morgan fingerprint density at radius 3 is 2.75 bits per heavy atom. The molecule has 3 aromatic rings. The molecule has 1 saturated heterocycles. The molecule has 2 aliphatic rings. The molecular formula is C24H25N3O5. The van der Waals surface area contributed by atoms with E-state index in [4.69, 9.17) is 18.7 Å². The van der Waals surface area contributed by atoms with Gasteiger partial charge in [-0.3, -0.25) is 4.79 Å². The molecule has 0 aliphatic carbocycles. The van der Waals surface area contributed by atoms with E-state index in [-0.39, 0.29) is 24.0 Å². The van der Waals surface area contributed by atoms with Crippen LogP contribution in [0, 0.1) is 0 Å². The fourth-order valence-corrected chi connectivity index (χ4v) is 4.11. The van der Waals surface area contributed by atoms with Crippen molar-refractivity contribution in [2.75, 3.05) is 26.8 Å². The minimum absolute atomic E-state index is 0.0139. The van der Waals surface area contributed by atoms with Gasteiger partial charge in [-0.05, 0) is 32.0 Å². The van der Waals surface area contributed by atoms with Gasteiger partial charge < -0.3 is 23.6 Å². The average molecular weight is 435 g/mol. The highest BCUT2D eigenvalue weighted by Gasteiger charge is 2.37. The molecule has 0 atom stereocenters. The number of carbonyl (C=O) groups is 1. The van der Waals surface area contributed by atoms with Gasteiger partial charge in [0.1, 0.15) is 11.4 Å². The van der Waals surface area contributed by atoms with Gasteiger partial charge in [0.2, 0.25) is 11.7 Å². The van der Waals surface area contributed by atoms with Crippen LogP contribution >= 0.6 is 0 Å². The number of likely N-dealkylation sites (tertiary alicyclic amines) is 1. The van der Waals surface area contributed by atoms with Crippen LogP contribution in [0.3, 0.4) is 0 Å². The topological polar surface area (TPSA) is 86.9 Å². The summed E-state index contributed by atoms with van der Waals surface area (Å²) in [6.45, 7) is 5.08. The Hall–Kier alpha value is -3.55. The van der Waals surface area contributed by atoms with E-state index in [1.807, 2.05) is 56.3 Å². The molecule has 1 amide bonds. The summed E-state index contributed by atoms with van der Waals surface area (Å²) in [7, 11) is 1.61. The van der Waals surface area contributed by atoms with E-state index in [2.05, 4.69) is 10.1 Å². The quantitative estimate of drug-likeness (QED) is 0.586. The predicted octanol–water partition coefficient (Wildman–Crippen LogP) is 3.46. The SMILES string of the molecule is COc1ccccc1-c1noc(C2CN(C(=O)COc3cccc4c3OC(C)(C)C4)C2)n1. The zero-order chi connectivity index (χ0) is 22.3. The van der Waals surface area contributed by atoms with Crippen LogP contribution in [-0.4, -0.2) is 53.4 Å². The van der Waals surface area contributed by atoms with Gasteiger partial charge in [0.05, 0.1) is 18.6 Å². The number of ether oxygens (including phenoxy) is 3. The van der Waals surface area contributed by atoms with Crippen molar-refractivity contribution in [2.45, 2.75) is 31.8 Å². The number of benzene rings is 2. The summed E-state index contributed by atoms with van der Waals surface area (Å²) in [5.74, 6) is 2.96. The van der Waals surface area contributed by atoms with Crippen LogP contribution in [0.1, 0.15) is 31.2 Å². The molecule has 1 aromatic heterocycles. The van der Waals surface area contributed by atoms with Crippen LogP contribution in [0.15, 0.2) is 47.0 Å². The van der Waals surface area contributed by atoms with E-state index in [1.54, 1.807) is 12.0 Å². The summed E-state index contributed by atoms with van der Waals surface area (Å²) in [6, 6.07) is 13.3. The third-order valence-electron chi connectivity index (χ3n) is 5.78. The van der Waals surface area contributed by atoms with Crippen molar-refractivity contribution in [3.05, 3.63) is 53.9 Å². The first-order valence-electron chi connectivity index (χ1n) is 10.6. The van der Waals surface area contributed by atoms with E-state index in [9.17, 15) is 4.79 Å². The lowest BCUT2D eigenvalue weighted by molar-refractivity contribution is -0.138. The first-order valence-corrected chi connectivity index (χ1v) is 10.6. The van der Waals surface area contributed by atoms with Crippen LogP contribution < -0.4 is 14.2 Å². The Labute approximate surface area is 186 Å². The normalized spacial score (nSPS) is 16.8. The summed E-state index contributed by atoms with van der Waals surface area (Å²) in [4.78, 5) is 18.8. The second-order valence-electron chi connectivity index (χ2n) is 8.72. The highest BCUT2D eigenvalue weighted by atomic mass is 16.5. The molecule has 32 heavy (non-hydrogen) atoms.